The zero-order valence-corrected chi connectivity index (χ0v) is 18.6. The average Bonchev–Trinajstić information content (AvgIpc) is 2.80. The van der Waals surface area contributed by atoms with Crippen LogP contribution in [0.5, 0.6) is 17.2 Å². The smallest absolute Gasteiger partial charge is 0.258 e. The Kier molecular flexibility index (Phi) is 8.35. The van der Waals surface area contributed by atoms with Crippen molar-refractivity contribution in [2.75, 3.05) is 33.9 Å². The molecule has 1 saturated heterocycles. The molecule has 6 nitrogen and oxygen atoms in total. The third kappa shape index (κ3) is 6.49. The van der Waals surface area contributed by atoms with Crippen LogP contribution in [0.25, 0.3) is 6.08 Å². The number of nitrogens with one attached hydrogen (secondary N) is 1. The van der Waals surface area contributed by atoms with Gasteiger partial charge in [0.25, 0.3) is 5.91 Å². The van der Waals surface area contributed by atoms with E-state index in [1.807, 2.05) is 55.5 Å². The lowest BCUT2D eigenvalue weighted by Crippen LogP contribution is -2.45. The molecule has 0 spiro atoms. The van der Waals surface area contributed by atoms with Crippen molar-refractivity contribution in [3.05, 3.63) is 59.7 Å². The molecule has 0 unspecified atom stereocenters. The number of carbonyl (C=O) groups excluding carboxylic acids is 1. The second-order valence-corrected chi connectivity index (χ2v) is 7.63. The highest BCUT2D eigenvalue weighted by molar-refractivity contribution is 5.78. The van der Waals surface area contributed by atoms with Crippen LogP contribution in [0.2, 0.25) is 0 Å². The van der Waals surface area contributed by atoms with E-state index in [2.05, 4.69) is 16.3 Å². The first-order valence-corrected chi connectivity index (χ1v) is 10.7. The van der Waals surface area contributed by atoms with Gasteiger partial charge in [0.05, 0.1) is 14.2 Å². The zero-order chi connectivity index (χ0) is 22.1. The number of carbonyl (C=O) groups is 1. The number of hydrogen-bond acceptors (Lipinski definition) is 5. The molecule has 1 amide bonds. The van der Waals surface area contributed by atoms with Crippen molar-refractivity contribution in [2.45, 2.75) is 32.4 Å². The number of ether oxygens (including phenoxy) is 3. The maximum atomic E-state index is 12.4. The number of methoxy groups -OCH3 is 2. The number of rotatable bonds is 9. The number of nitrogens with zero attached hydrogens (tertiary/aromatic N) is 1. The van der Waals surface area contributed by atoms with E-state index < -0.39 is 0 Å². The predicted octanol–water partition coefficient (Wildman–Crippen LogP) is 3.90. The average molecular weight is 425 g/mol. The Bertz CT molecular complexity index is 889. The van der Waals surface area contributed by atoms with Gasteiger partial charge in [0.2, 0.25) is 0 Å². The van der Waals surface area contributed by atoms with Gasteiger partial charge in [-0.3, -0.25) is 9.69 Å². The minimum Gasteiger partial charge on any atom is -0.496 e. The molecule has 1 N–H and O–H groups in total. The SMILES string of the molecule is C/C=C/c1ccc(OCC(=O)NC2CCN(Cc3ccccc3OC)CC2)c(OC)c1. The molecule has 1 aliphatic rings. The number of benzene rings is 2. The number of allylic oxidation sites excluding steroid dienone is 1. The minimum atomic E-state index is -0.109. The first kappa shape index (κ1) is 22.7. The fraction of sp³-hybridized carbons (Fsp3) is 0.400. The minimum absolute atomic E-state index is 0.0270. The Balaban J connectivity index is 1.44. The molecule has 3 rings (SSSR count). The van der Waals surface area contributed by atoms with Crippen LogP contribution in [-0.4, -0.2) is 50.8 Å². The quantitative estimate of drug-likeness (QED) is 0.662. The van der Waals surface area contributed by atoms with Crippen molar-refractivity contribution in [3.63, 3.8) is 0 Å². The Hall–Kier alpha value is -2.99. The van der Waals surface area contributed by atoms with Crippen molar-refractivity contribution in [1.82, 2.24) is 10.2 Å². The van der Waals surface area contributed by atoms with Crippen molar-refractivity contribution < 1.29 is 19.0 Å². The van der Waals surface area contributed by atoms with Gasteiger partial charge in [-0.25, -0.2) is 0 Å². The summed E-state index contributed by atoms with van der Waals surface area (Å²) in [5, 5.41) is 3.10. The molecular formula is C25H32N2O4. The molecule has 0 aromatic heterocycles. The summed E-state index contributed by atoms with van der Waals surface area (Å²) in [6.07, 6.45) is 5.79. The summed E-state index contributed by atoms with van der Waals surface area (Å²) < 4.78 is 16.5. The summed E-state index contributed by atoms with van der Waals surface area (Å²) in [4.78, 5) is 14.8. The maximum Gasteiger partial charge on any atom is 0.258 e. The van der Waals surface area contributed by atoms with Gasteiger partial charge in [-0.2, -0.15) is 0 Å². The van der Waals surface area contributed by atoms with Crippen LogP contribution in [0.1, 0.15) is 30.9 Å². The van der Waals surface area contributed by atoms with Crippen molar-refractivity contribution >= 4 is 12.0 Å². The number of likely N-dealkylation sites (tertiary alicyclic amines) is 1. The van der Waals surface area contributed by atoms with Crippen molar-refractivity contribution in [1.29, 1.82) is 0 Å². The third-order valence-corrected chi connectivity index (χ3v) is 5.44. The standard InChI is InChI=1S/C25H32N2O4/c1-4-7-19-10-11-23(24(16-19)30-3)31-18-25(28)26-21-12-14-27(15-13-21)17-20-8-5-6-9-22(20)29-2/h4-11,16,21H,12-15,17-18H2,1-3H3,(H,26,28)/b7-4+. The van der Waals surface area contributed by atoms with Crippen molar-refractivity contribution in [2.24, 2.45) is 0 Å². The molecule has 0 saturated carbocycles. The molecule has 0 aliphatic carbocycles. The van der Waals surface area contributed by atoms with E-state index in [1.165, 1.54) is 5.56 Å². The Morgan fingerprint density at radius 2 is 1.81 bits per heavy atom. The summed E-state index contributed by atoms with van der Waals surface area (Å²) in [7, 11) is 3.30. The fourth-order valence-corrected chi connectivity index (χ4v) is 3.82. The Labute approximate surface area is 184 Å². The fourth-order valence-electron chi connectivity index (χ4n) is 3.82. The van der Waals surface area contributed by atoms with Crippen LogP contribution in [0, 0.1) is 0 Å². The lowest BCUT2D eigenvalue weighted by Gasteiger charge is -2.32. The molecular weight excluding hydrogens is 392 g/mol. The van der Waals surface area contributed by atoms with E-state index in [1.54, 1.807) is 14.2 Å². The van der Waals surface area contributed by atoms with Gasteiger partial charge < -0.3 is 19.5 Å². The van der Waals surface area contributed by atoms with Crippen LogP contribution >= 0.6 is 0 Å². The maximum absolute atomic E-state index is 12.4. The molecule has 166 valence electrons. The molecule has 0 radical (unpaired) electrons. The summed E-state index contributed by atoms with van der Waals surface area (Å²) >= 11 is 0. The van der Waals surface area contributed by atoms with Gasteiger partial charge in [0.15, 0.2) is 18.1 Å². The van der Waals surface area contributed by atoms with Crippen LogP contribution in [-0.2, 0) is 11.3 Å². The largest absolute Gasteiger partial charge is 0.496 e. The zero-order valence-electron chi connectivity index (χ0n) is 18.6. The second-order valence-electron chi connectivity index (χ2n) is 7.63. The van der Waals surface area contributed by atoms with Crippen LogP contribution in [0.4, 0.5) is 0 Å². The first-order chi connectivity index (χ1) is 15.1. The monoisotopic (exact) mass is 424 g/mol. The normalized spacial score (nSPS) is 15.1. The van der Waals surface area contributed by atoms with Gasteiger partial charge in [-0.15, -0.1) is 0 Å². The van der Waals surface area contributed by atoms with Crippen molar-refractivity contribution in [3.8, 4) is 17.2 Å². The Morgan fingerprint density at radius 1 is 1.06 bits per heavy atom. The van der Waals surface area contributed by atoms with E-state index in [-0.39, 0.29) is 18.6 Å². The van der Waals surface area contributed by atoms with E-state index in [4.69, 9.17) is 14.2 Å². The van der Waals surface area contributed by atoms with Gasteiger partial charge in [0.1, 0.15) is 5.75 Å². The molecule has 1 aliphatic heterocycles. The summed E-state index contributed by atoms with van der Waals surface area (Å²) in [5.41, 5.74) is 2.21. The highest BCUT2D eigenvalue weighted by Gasteiger charge is 2.21. The molecule has 0 atom stereocenters. The number of hydrogen-bond donors (Lipinski definition) is 1. The molecule has 1 heterocycles. The number of piperidine rings is 1. The second kappa shape index (κ2) is 11.4. The molecule has 1 fully saturated rings. The molecule has 0 bridgehead atoms. The highest BCUT2D eigenvalue weighted by Crippen LogP contribution is 2.28. The van der Waals surface area contributed by atoms with E-state index >= 15 is 0 Å². The van der Waals surface area contributed by atoms with Gasteiger partial charge >= 0.3 is 0 Å². The Morgan fingerprint density at radius 3 is 2.52 bits per heavy atom. The van der Waals surface area contributed by atoms with Crippen LogP contribution in [0.15, 0.2) is 48.5 Å². The number of para-hydroxylation sites is 1. The van der Waals surface area contributed by atoms with E-state index in [0.29, 0.717) is 11.5 Å². The molecule has 2 aromatic carbocycles. The van der Waals surface area contributed by atoms with Gasteiger partial charge in [0, 0.05) is 31.2 Å². The molecule has 31 heavy (non-hydrogen) atoms. The predicted molar refractivity (Wildman–Crippen MR) is 123 cm³/mol. The van der Waals surface area contributed by atoms with E-state index in [9.17, 15) is 4.79 Å². The summed E-state index contributed by atoms with van der Waals surface area (Å²) in [6.45, 7) is 4.66. The number of amides is 1. The van der Waals surface area contributed by atoms with Gasteiger partial charge in [-0.1, -0.05) is 36.4 Å². The highest BCUT2D eigenvalue weighted by atomic mass is 16.5. The third-order valence-electron chi connectivity index (χ3n) is 5.44. The lowest BCUT2D eigenvalue weighted by molar-refractivity contribution is -0.124. The van der Waals surface area contributed by atoms with Crippen LogP contribution < -0.4 is 19.5 Å². The van der Waals surface area contributed by atoms with Gasteiger partial charge in [-0.05, 0) is 43.5 Å². The topological polar surface area (TPSA) is 60.0 Å². The first-order valence-electron chi connectivity index (χ1n) is 10.7. The summed E-state index contributed by atoms with van der Waals surface area (Å²) in [6, 6.07) is 13.9. The lowest BCUT2D eigenvalue weighted by atomic mass is 10.0. The van der Waals surface area contributed by atoms with Crippen LogP contribution in [0.3, 0.4) is 0 Å². The summed E-state index contributed by atoms with van der Waals surface area (Å²) in [5.74, 6) is 2.00. The molecule has 6 heteroatoms. The van der Waals surface area contributed by atoms with E-state index in [0.717, 1.165) is 43.8 Å². The molecule has 2 aromatic rings.